The molecule has 0 aliphatic heterocycles. The highest BCUT2D eigenvalue weighted by Gasteiger charge is 2.33. The Kier molecular flexibility index (Phi) is 13.0. The number of carbonyl (C=O) groups is 2. The fraction of sp³-hybridized carbons (Fsp3) is 0.500. The lowest BCUT2D eigenvalue weighted by molar-refractivity contribution is -0.152. The van der Waals surface area contributed by atoms with Crippen LogP contribution in [0.4, 0.5) is 5.95 Å². The third-order valence-corrected chi connectivity index (χ3v) is 9.05. The summed E-state index contributed by atoms with van der Waals surface area (Å²) in [5, 5.41) is 22.8. The summed E-state index contributed by atoms with van der Waals surface area (Å²) in [6.07, 6.45) is -2.45. The average molecular weight is 657 g/mol. The number of aliphatic hydroxyl groups excluding tert-OH is 2. The highest BCUT2D eigenvalue weighted by atomic mass is 32.2. The van der Waals surface area contributed by atoms with E-state index in [4.69, 9.17) is 24.3 Å². The second kappa shape index (κ2) is 16.2. The predicted octanol–water partition coefficient (Wildman–Crippen LogP) is 1.18. The Balaban J connectivity index is 1.75. The number of ether oxygens (including phenoxy) is 2. The summed E-state index contributed by atoms with van der Waals surface area (Å²) in [5.41, 5.74) is 5.05. The van der Waals surface area contributed by atoms with E-state index in [9.17, 15) is 29.2 Å². The van der Waals surface area contributed by atoms with Gasteiger partial charge in [-0.15, -0.1) is 0 Å². The molecule has 0 saturated carbocycles. The van der Waals surface area contributed by atoms with Crippen LogP contribution < -0.4 is 16.4 Å². The number of rotatable bonds is 19. The fourth-order valence-electron chi connectivity index (χ4n) is 3.59. The number of imidazole rings is 1. The van der Waals surface area contributed by atoms with Crippen molar-refractivity contribution in [3.8, 4) is 0 Å². The number of fused-ring (bicyclic) bond motifs is 1. The first-order valence-corrected chi connectivity index (χ1v) is 16.0. The molecule has 0 spiro atoms. The summed E-state index contributed by atoms with van der Waals surface area (Å²) in [7, 11) is -4.09. The first-order valence-electron chi connectivity index (χ1n) is 13.4. The number of carbonyl (C=O) groups excluding carboxylic acids is 2. The van der Waals surface area contributed by atoms with Gasteiger partial charge in [-0.25, -0.2) is 14.6 Å². The summed E-state index contributed by atoms with van der Waals surface area (Å²) in [6.45, 7) is 3.62. The molecule has 0 aliphatic carbocycles. The highest BCUT2D eigenvalue weighted by Crippen LogP contribution is 2.44. The van der Waals surface area contributed by atoms with E-state index < -0.39 is 43.6 Å². The minimum Gasteiger partial charge on any atom is -0.462 e. The van der Waals surface area contributed by atoms with Crippen LogP contribution in [0.25, 0.3) is 11.2 Å². The van der Waals surface area contributed by atoms with Crippen LogP contribution in [0, 0.1) is 5.41 Å². The molecule has 4 atom stereocenters. The standard InChI is InChI=1S/C26H37N6O10PS/c1-17(40-16-34)21(35)19(39-15-32-14-28-20-22(32)30-25(27)31-23(20)36)12-42-43(38,29-11-18-7-5-4-6-8-18)41-9-10-44-24(37)26(2,3)13-33/h4-8,14,16-17,19,21,33,35H,9-13,15H2,1-3H3,(H,29,38)(H3,27,30,31,36)/t17?,19-,21?,43?/m1/s1. The van der Waals surface area contributed by atoms with Crippen LogP contribution >= 0.6 is 19.5 Å². The molecule has 3 rings (SSSR count). The van der Waals surface area contributed by atoms with Gasteiger partial charge in [0.15, 0.2) is 16.3 Å². The van der Waals surface area contributed by atoms with Gasteiger partial charge in [-0.05, 0) is 26.3 Å². The van der Waals surface area contributed by atoms with E-state index in [2.05, 4.69) is 20.0 Å². The van der Waals surface area contributed by atoms with Crippen molar-refractivity contribution in [2.45, 2.75) is 52.4 Å². The number of anilines is 1. The maximum atomic E-state index is 13.8. The number of benzene rings is 1. The van der Waals surface area contributed by atoms with E-state index in [0.717, 1.165) is 17.3 Å². The Morgan fingerprint density at radius 3 is 2.70 bits per heavy atom. The topological polar surface area (TPSA) is 230 Å². The molecule has 18 heteroatoms. The fourth-order valence-corrected chi connectivity index (χ4v) is 5.83. The number of hydrogen-bond donors (Lipinski definition) is 5. The summed E-state index contributed by atoms with van der Waals surface area (Å²) >= 11 is 0.921. The molecule has 2 aromatic heterocycles. The maximum Gasteiger partial charge on any atom is 0.405 e. The number of aromatic nitrogens is 4. The average Bonchev–Trinajstić information content (AvgIpc) is 3.41. The second-order valence-corrected chi connectivity index (χ2v) is 13.1. The molecule has 0 saturated heterocycles. The Bertz CT molecular complexity index is 1490. The molecule has 0 amide bonds. The van der Waals surface area contributed by atoms with Crippen LogP contribution in [-0.4, -0.2) is 85.2 Å². The van der Waals surface area contributed by atoms with E-state index in [1.54, 1.807) is 38.1 Å². The van der Waals surface area contributed by atoms with Gasteiger partial charge >= 0.3 is 7.75 Å². The predicted molar refractivity (Wildman–Crippen MR) is 161 cm³/mol. The zero-order valence-corrected chi connectivity index (χ0v) is 26.2. The van der Waals surface area contributed by atoms with E-state index in [1.807, 2.05) is 6.07 Å². The lowest BCUT2D eigenvalue weighted by Crippen LogP contribution is -2.42. The molecule has 0 bridgehead atoms. The largest absolute Gasteiger partial charge is 0.462 e. The first kappa shape index (κ1) is 35.3. The monoisotopic (exact) mass is 656 g/mol. The van der Waals surface area contributed by atoms with Crippen LogP contribution in [0.15, 0.2) is 41.5 Å². The van der Waals surface area contributed by atoms with Crippen LogP contribution in [-0.2, 0) is 46.0 Å². The van der Waals surface area contributed by atoms with Crippen LogP contribution in [0.1, 0.15) is 26.3 Å². The quantitative estimate of drug-likeness (QED) is 0.0693. The smallest absolute Gasteiger partial charge is 0.405 e. The molecular formula is C26H37N6O10PS. The van der Waals surface area contributed by atoms with Gasteiger partial charge in [-0.2, -0.15) is 4.98 Å². The number of aromatic amines is 1. The number of thioether (sulfide) groups is 1. The molecule has 1 aromatic carbocycles. The number of H-pyrrole nitrogens is 1. The molecule has 0 fully saturated rings. The third-order valence-electron chi connectivity index (χ3n) is 6.31. The minimum atomic E-state index is -4.09. The minimum absolute atomic E-state index is 0.00976. The number of nitrogens with two attached hydrogens (primary N) is 1. The van der Waals surface area contributed by atoms with Crippen molar-refractivity contribution in [3.63, 3.8) is 0 Å². The van der Waals surface area contributed by atoms with Crippen LogP contribution in [0.5, 0.6) is 0 Å². The third kappa shape index (κ3) is 9.93. The van der Waals surface area contributed by atoms with Crippen molar-refractivity contribution in [2.24, 2.45) is 5.41 Å². The van der Waals surface area contributed by atoms with E-state index in [-0.39, 0.29) is 60.9 Å². The van der Waals surface area contributed by atoms with Crippen LogP contribution in [0.2, 0.25) is 0 Å². The van der Waals surface area contributed by atoms with Gasteiger partial charge in [0.25, 0.3) is 12.0 Å². The molecule has 3 aromatic rings. The summed E-state index contributed by atoms with van der Waals surface area (Å²) in [4.78, 5) is 45.8. The Morgan fingerprint density at radius 1 is 1.30 bits per heavy atom. The number of aliphatic hydroxyl groups is 2. The summed E-state index contributed by atoms with van der Waals surface area (Å²) in [6, 6.07) is 9.04. The van der Waals surface area contributed by atoms with Crippen molar-refractivity contribution < 1.29 is 42.9 Å². The molecular weight excluding hydrogens is 619 g/mol. The molecule has 6 N–H and O–H groups in total. The first-order chi connectivity index (χ1) is 20.9. The maximum absolute atomic E-state index is 13.8. The van der Waals surface area contributed by atoms with Gasteiger partial charge in [0.2, 0.25) is 5.95 Å². The number of hydrogen-bond acceptors (Lipinski definition) is 14. The molecule has 2 heterocycles. The molecule has 3 unspecified atom stereocenters. The molecule has 16 nitrogen and oxygen atoms in total. The zero-order chi connectivity index (χ0) is 32.3. The summed E-state index contributed by atoms with van der Waals surface area (Å²) in [5.74, 6) is -0.0159. The Labute approximate surface area is 257 Å². The molecule has 44 heavy (non-hydrogen) atoms. The van der Waals surface area contributed by atoms with Gasteiger partial charge < -0.3 is 25.4 Å². The van der Waals surface area contributed by atoms with Gasteiger partial charge in [-0.3, -0.25) is 33.0 Å². The van der Waals surface area contributed by atoms with Gasteiger partial charge in [-0.1, -0.05) is 42.1 Å². The lowest BCUT2D eigenvalue weighted by Gasteiger charge is -2.28. The summed E-state index contributed by atoms with van der Waals surface area (Å²) < 4.78 is 37.2. The molecule has 242 valence electrons. The Hall–Kier alpha value is -3.15. The number of nitrogen functional groups attached to an aromatic ring is 1. The van der Waals surface area contributed by atoms with E-state index in [0.29, 0.717) is 0 Å². The van der Waals surface area contributed by atoms with Crippen molar-refractivity contribution in [2.75, 3.05) is 31.3 Å². The number of nitrogens with zero attached hydrogens (tertiary/aromatic N) is 3. The van der Waals surface area contributed by atoms with E-state index in [1.165, 1.54) is 17.8 Å². The van der Waals surface area contributed by atoms with Crippen molar-refractivity contribution in [1.82, 2.24) is 24.6 Å². The van der Waals surface area contributed by atoms with Crippen molar-refractivity contribution in [3.05, 3.63) is 52.6 Å². The normalized spacial score (nSPS) is 15.4. The molecule has 0 radical (unpaired) electrons. The van der Waals surface area contributed by atoms with Crippen molar-refractivity contribution >= 4 is 48.2 Å². The SMILES string of the molecule is CC(OC=O)C(O)[C@@H](COP(=O)(NCc1ccccc1)OCCSC(=O)C(C)(C)CO)OCn1cnc2c(=O)[nH]c(N)nc21. The van der Waals surface area contributed by atoms with Gasteiger partial charge in [0.05, 0.1) is 31.6 Å². The number of nitrogens with one attached hydrogen (secondary N) is 2. The van der Waals surface area contributed by atoms with Crippen LogP contribution in [0.3, 0.4) is 0 Å². The van der Waals surface area contributed by atoms with E-state index >= 15 is 0 Å². The zero-order valence-electron chi connectivity index (χ0n) is 24.5. The second-order valence-electron chi connectivity index (χ2n) is 10.2. The highest BCUT2D eigenvalue weighted by molar-refractivity contribution is 8.13. The van der Waals surface area contributed by atoms with Crippen molar-refractivity contribution in [1.29, 1.82) is 0 Å². The van der Waals surface area contributed by atoms with Gasteiger partial charge in [0, 0.05) is 12.3 Å². The Morgan fingerprint density at radius 2 is 2.02 bits per heavy atom. The van der Waals surface area contributed by atoms with Gasteiger partial charge in [0.1, 0.15) is 25.0 Å². The molecule has 0 aliphatic rings. The lowest BCUT2D eigenvalue weighted by atomic mass is 9.97.